The summed E-state index contributed by atoms with van der Waals surface area (Å²) < 4.78 is 27.1. The fourth-order valence-corrected chi connectivity index (χ4v) is 3.11. The molecule has 0 aromatic heterocycles. The van der Waals surface area contributed by atoms with Gasteiger partial charge in [-0.1, -0.05) is 6.07 Å². The highest BCUT2D eigenvalue weighted by Gasteiger charge is 2.43. The van der Waals surface area contributed by atoms with Crippen molar-refractivity contribution in [3.8, 4) is 0 Å². The smallest absolute Gasteiger partial charge is 0.324 e. The monoisotopic (exact) mass is 371 g/mol. The van der Waals surface area contributed by atoms with Gasteiger partial charge in [-0.05, 0) is 32.9 Å². The van der Waals surface area contributed by atoms with Gasteiger partial charge in [-0.2, -0.15) is 0 Å². The summed E-state index contributed by atoms with van der Waals surface area (Å²) in [4.78, 5) is 36.9. The van der Waals surface area contributed by atoms with Crippen LogP contribution >= 0.6 is 11.8 Å². The molecule has 0 radical (unpaired) electrons. The van der Waals surface area contributed by atoms with Gasteiger partial charge in [0.25, 0.3) is 5.91 Å². The lowest BCUT2D eigenvalue weighted by atomic mass is 10.1. The Morgan fingerprint density at radius 2 is 1.92 bits per heavy atom. The zero-order valence-electron chi connectivity index (χ0n) is 14.1. The van der Waals surface area contributed by atoms with Crippen molar-refractivity contribution in [3.63, 3.8) is 0 Å². The average Bonchev–Trinajstić information content (AvgIpc) is 2.72. The molecule has 9 heteroatoms. The average molecular weight is 371 g/mol. The number of benzene rings is 1. The van der Waals surface area contributed by atoms with Gasteiger partial charge in [0.15, 0.2) is 0 Å². The summed E-state index contributed by atoms with van der Waals surface area (Å²) in [6.07, 6.45) is 0. The highest BCUT2D eigenvalue weighted by molar-refractivity contribution is 8.00. The van der Waals surface area contributed by atoms with E-state index in [2.05, 4.69) is 10.6 Å². The molecule has 136 valence electrons. The van der Waals surface area contributed by atoms with E-state index < -0.39 is 40.0 Å². The molecule has 1 aromatic carbocycles. The van der Waals surface area contributed by atoms with Crippen LogP contribution < -0.4 is 10.6 Å². The zero-order chi connectivity index (χ0) is 18.8. The number of anilines is 1. The molecule has 1 saturated heterocycles. The van der Waals surface area contributed by atoms with Crippen LogP contribution in [0.4, 0.5) is 19.3 Å². The Kier molecular flexibility index (Phi) is 5.66. The fourth-order valence-electron chi connectivity index (χ4n) is 2.26. The van der Waals surface area contributed by atoms with Crippen LogP contribution in [0.2, 0.25) is 0 Å². The van der Waals surface area contributed by atoms with Gasteiger partial charge >= 0.3 is 6.03 Å². The van der Waals surface area contributed by atoms with Crippen LogP contribution in [0.5, 0.6) is 0 Å². The lowest BCUT2D eigenvalue weighted by Gasteiger charge is -2.17. The van der Waals surface area contributed by atoms with E-state index in [1.54, 1.807) is 20.8 Å². The molecule has 0 saturated carbocycles. The quantitative estimate of drug-likeness (QED) is 0.753. The summed E-state index contributed by atoms with van der Waals surface area (Å²) >= 11 is 1.18. The molecule has 1 unspecified atom stereocenters. The van der Waals surface area contributed by atoms with Crippen LogP contribution in [-0.2, 0) is 9.59 Å². The molecule has 2 rings (SSSR count). The maximum absolute atomic E-state index is 13.5. The topological polar surface area (TPSA) is 78.5 Å². The Hall–Kier alpha value is -2.16. The first-order valence-electron chi connectivity index (χ1n) is 7.64. The van der Waals surface area contributed by atoms with Gasteiger partial charge in [-0.25, -0.2) is 13.6 Å². The third kappa shape index (κ3) is 4.28. The number of urea groups is 1. The largest absolute Gasteiger partial charge is 0.325 e. The lowest BCUT2D eigenvalue weighted by molar-refractivity contribution is -0.130. The number of nitrogens with one attached hydrogen (secondary N) is 2. The number of amides is 4. The minimum atomic E-state index is -0.937. The van der Waals surface area contributed by atoms with E-state index in [0.717, 1.165) is 17.0 Å². The molecular formula is C16H19F2N3O3S. The second-order valence-electron chi connectivity index (χ2n) is 6.11. The van der Waals surface area contributed by atoms with Crippen LogP contribution in [0.1, 0.15) is 20.8 Å². The Morgan fingerprint density at radius 1 is 1.32 bits per heavy atom. The predicted molar refractivity (Wildman–Crippen MR) is 91.2 cm³/mol. The number of thioether (sulfide) groups is 1. The summed E-state index contributed by atoms with van der Waals surface area (Å²) in [6, 6.07) is 2.84. The van der Waals surface area contributed by atoms with Crippen molar-refractivity contribution in [1.82, 2.24) is 10.2 Å². The Balaban J connectivity index is 1.86. The van der Waals surface area contributed by atoms with Gasteiger partial charge in [0, 0.05) is 12.3 Å². The van der Waals surface area contributed by atoms with Gasteiger partial charge in [0.1, 0.15) is 22.9 Å². The van der Waals surface area contributed by atoms with Crippen molar-refractivity contribution >= 4 is 35.3 Å². The normalized spacial score (nSPS) is 17.4. The van der Waals surface area contributed by atoms with Gasteiger partial charge in [-0.3, -0.25) is 14.5 Å². The Morgan fingerprint density at radius 3 is 2.44 bits per heavy atom. The third-order valence-corrected chi connectivity index (χ3v) is 4.84. The SMILES string of the molecule is CC(SCCN1C(=O)NC(C)(C)C1=O)C(=O)Nc1c(F)cccc1F. The summed E-state index contributed by atoms with van der Waals surface area (Å²) in [5.41, 5.74) is -1.43. The van der Waals surface area contributed by atoms with Gasteiger partial charge in [-0.15, -0.1) is 11.8 Å². The molecule has 0 bridgehead atoms. The number of hydrogen-bond donors (Lipinski definition) is 2. The van der Waals surface area contributed by atoms with Crippen LogP contribution in [0.25, 0.3) is 0 Å². The summed E-state index contributed by atoms with van der Waals surface area (Å²) in [6.45, 7) is 4.94. The van der Waals surface area contributed by atoms with Gasteiger partial charge < -0.3 is 10.6 Å². The molecular weight excluding hydrogens is 352 g/mol. The van der Waals surface area contributed by atoms with Crippen LogP contribution in [0.15, 0.2) is 18.2 Å². The summed E-state index contributed by atoms with van der Waals surface area (Å²) in [7, 11) is 0. The third-order valence-electron chi connectivity index (χ3n) is 3.71. The van der Waals surface area contributed by atoms with Crippen molar-refractivity contribution in [2.45, 2.75) is 31.6 Å². The van der Waals surface area contributed by atoms with Crippen LogP contribution in [0.3, 0.4) is 0 Å². The molecule has 1 aromatic rings. The minimum Gasteiger partial charge on any atom is -0.324 e. The first-order chi connectivity index (χ1) is 11.6. The second kappa shape index (κ2) is 7.38. The number of imide groups is 1. The number of carbonyl (C=O) groups excluding carboxylic acids is 3. The van der Waals surface area contributed by atoms with Crippen molar-refractivity contribution in [2.24, 2.45) is 0 Å². The number of carbonyl (C=O) groups is 3. The number of nitrogens with zero attached hydrogens (tertiary/aromatic N) is 1. The fraction of sp³-hybridized carbons (Fsp3) is 0.438. The maximum Gasteiger partial charge on any atom is 0.325 e. The molecule has 1 heterocycles. The molecule has 0 aliphatic carbocycles. The molecule has 6 nitrogen and oxygen atoms in total. The Bertz CT molecular complexity index is 692. The van der Waals surface area contributed by atoms with Crippen molar-refractivity contribution in [1.29, 1.82) is 0 Å². The molecule has 1 fully saturated rings. The Labute approximate surface area is 148 Å². The predicted octanol–water partition coefficient (Wildman–Crippen LogP) is 2.36. The van der Waals surface area contributed by atoms with Gasteiger partial charge in [0.05, 0.1) is 5.25 Å². The summed E-state index contributed by atoms with van der Waals surface area (Å²) in [5, 5.41) is 4.16. The van der Waals surface area contributed by atoms with Crippen LogP contribution in [0, 0.1) is 11.6 Å². The lowest BCUT2D eigenvalue weighted by Crippen LogP contribution is -2.40. The number of para-hydroxylation sites is 1. The highest BCUT2D eigenvalue weighted by atomic mass is 32.2. The molecule has 1 aliphatic heterocycles. The van der Waals surface area contributed by atoms with E-state index >= 15 is 0 Å². The standard InChI is InChI=1S/C16H19F2N3O3S/c1-9(13(22)19-12-10(17)5-4-6-11(12)18)25-8-7-21-14(23)16(2,3)20-15(21)24/h4-6,9H,7-8H2,1-3H3,(H,19,22)(H,20,24). The van der Waals surface area contributed by atoms with E-state index in [0.29, 0.717) is 5.75 Å². The number of halogens is 2. The number of hydrogen-bond acceptors (Lipinski definition) is 4. The van der Waals surface area contributed by atoms with E-state index in [-0.39, 0.29) is 12.5 Å². The highest BCUT2D eigenvalue weighted by Crippen LogP contribution is 2.21. The first kappa shape index (κ1) is 19.2. The van der Waals surface area contributed by atoms with E-state index in [4.69, 9.17) is 0 Å². The molecule has 0 spiro atoms. The van der Waals surface area contributed by atoms with Crippen molar-refractivity contribution < 1.29 is 23.2 Å². The van der Waals surface area contributed by atoms with Gasteiger partial charge in [0.2, 0.25) is 5.91 Å². The molecule has 2 N–H and O–H groups in total. The van der Waals surface area contributed by atoms with Crippen molar-refractivity contribution in [2.75, 3.05) is 17.6 Å². The van der Waals surface area contributed by atoms with E-state index in [1.165, 1.54) is 17.8 Å². The van der Waals surface area contributed by atoms with E-state index in [1.807, 2.05) is 0 Å². The molecule has 1 atom stereocenters. The first-order valence-corrected chi connectivity index (χ1v) is 8.69. The second-order valence-corrected chi connectivity index (χ2v) is 7.56. The molecule has 1 aliphatic rings. The van der Waals surface area contributed by atoms with Crippen LogP contribution in [-0.4, -0.2) is 45.8 Å². The minimum absolute atomic E-state index is 0.143. The number of rotatable bonds is 6. The van der Waals surface area contributed by atoms with Crippen molar-refractivity contribution in [3.05, 3.63) is 29.8 Å². The van der Waals surface area contributed by atoms with E-state index in [9.17, 15) is 23.2 Å². The molecule has 4 amide bonds. The summed E-state index contributed by atoms with van der Waals surface area (Å²) in [5.74, 6) is -2.28. The zero-order valence-corrected chi connectivity index (χ0v) is 14.9. The molecule has 25 heavy (non-hydrogen) atoms. The maximum atomic E-state index is 13.5.